The van der Waals surface area contributed by atoms with E-state index in [4.69, 9.17) is 11.6 Å². The molecule has 2 aromatic rings. The fourth-order valence-electron chi connectivity index (χ4n) is 1.96. The van der Waals surface area contributed by atoms with Crippen molar-refractivity contribution in [1.82, 2.24) is 4.90 Å². The second kappa shape index (κ2) is 8.24. The summed E-state index contributed by atoms with van der Waals surface area (Å²) in [4.78, 5) is 14.9. The van der Waals surface area contributed by atoms with Gasteiger partial charge in [0.2, 0.25) is 5.91 Å². The summed E-state index contributed by atoms with van der Waals surface area (Å²) in [6, 6.07) is 9.76. The number of hydrogen-bond acceptors (Lipinski definition) is 4. The summed E-state index contributed by atoms with van der Waals surface area (Å²) in [5.41, 5.74) is 0.213. The van der Waals surface area contributed by atoms with Gasteiger partial charge in [-0.2, -0.15) is 8.78 Å². The molecule has 1 aromatic heterocycles. The van der Waals surface area contributed by atoms with Crippen LogP contribution in [0.5, 0.6) is 5.75 Å². The lowest BCUT2D eigenvalue weighted by molar-refractivity contribution is -0.117. The topological polar surface area (TPSA) is 41.6 Å². The standard InChI is InChI=1S/C15H15ClF2N2O2S/c1-20(8-10-6-7-13(16)23-10)9-14(21)19-11-4-2-3-5-12(11)22-15(17)18/h2-7,15H,8-9H2,1H3,(H,19,21). The number of anilines is 1. The minimum atomic E-state index is -2.95. The maximum absolute atomic E-state index is 12.3. The van der Waals surface area contributed by atoms with Crippen LogP contribution in [-0.2, 0) is 11.3 Å². The summed E-state index contributed by atoms with van der Waals surface area (Å²) < 4.78 is 29.7. The molecule has 0 radical (unpaired) electrons. The summed E-state index contributed by atoms with van der Waals surface area (Å²) in [5.74, 6) is -0.385. The monoisotopic (exact) mass is 360 g/mol. The van der Waals surface area contributed by atoms with Gasteiger partial charge in [0.1, 0.15) is 5.75 Å². The van der Waals surface area contributed by atoms with Gasteiger partial charge < -0.3 is 10.1 Å². The fourth-order valence-corrected chi connectivity index (χ4v) is 3.13. The first-order chi connectivity index (χ1) is 10.9. The summed E-state index contributed by atoms with van der Waals surface area (Å²) in [6.07, 6.45) is 0. The highest BCUT2D eigenvalue weighted by Gasteiger charge is 2.13. The number of halogens is 3. The second-order valence-electron chi connectivity index (χ2n) is 4.80. The first kappa shape index (κ1) is 17.7. The van der Waals surface area contributed by atoms with Gasteiger partial charge in [-0.15, -0.1) is 11.3 Å². The SMILES string of the molecule is CN(CC(=O)Nc1ccccc1OC(F)F)Cc1ccc(Cl)s1. The minimum absolute atomic E-state index is 0.0662. The van der Waals surface area contributed by atoms with Gasteiger partial charge in [-0.3, -0.25) is 9.69 Å². The van der Waals surface area contributed by atoms with Crippen LogP contribution in [0.3, 0.4) is 0 Å². The van der Waals surface area contributed by atoms with E-state index in [9.17, 15) is 13.6 Å². The Morgan fingerprint density at radius 2 is 2.09 bits per heavy atom. The van der Waals surface area contributed by atoms with Crippen molar-refractivity contribution < 1.29 is 18.3 Å². The van der Waals surface area contributed by atoms with Gasteiger partial charge in [0.25, 0.3) is 0 Å². The van der Waals surface area contributed by atoms with E-state index in [-0.39, 0.29) is 23.9 Å². The number of hydrogen-bond donors (Lipinski definition) is 1. The average molecular weight is 361 g/mol. The number of benzene rings is 1. The zero-order valence-corrected chi connectivity index (χ0v) is 13.8. The van der Waals surface area contributed by atoms with Gasteiger partial charge in [0.15, 0.2) is 0 Å². The molecule has 1 amide bonds. The quantitative estimate of drug-likeness (QED) is 0.809. The Morgan fingerprint density at radius 1 is 1.35 bits per heavy atom. The van der Waals surface area contributed by atoms with Crippen molar-refractivity contribution in [3.05, 3.63) is 45.6 Å². The van der Waals surface area contributed by atoms with Crippen molar-refractivity contribution in [2.45, 2.75) is 13.2 Å². The molecular weight excluding hydrogens is 346 g/mol. The van der Waals surface area contributed by atoms with Crippen LogP contribution < -0.4 is 10.1 Å². The Morgan fingerprint density at radius 3 is 2.74 bits per heavy atom. The van der Waals surface area contributed by atoms with E-state index in [0.717, 1.165) is 4.88 Å². The van der Waals surface area contributed by atoms with Crippen molar-refractivity contribution >= 4 is 34.5 Å². The lowest BCUT2D eigenvalue weighted by atomic mass is 10.3. The molecule has 2 rings (SSSR count). The molecular formula is C15H15ClF2N2O2S. The minimum Gasteiger partial charge on any atom is -0.433 e. The van der Waals surface area contributed by atoms with Crippen molar-refractivity contribution in [2.75, 3.05) is 18.9 Å². The number of carbonyl (C=O) groups excluding carboxylic acids is 1. The number of rotatable bonds is 7. The van der Waals surface area contributed by atoms with Gasteiger partial charge >= 0.3 is 6.61 Å². The van der Waals surface area contributed by atoms with Crippen molar-refractivity contribution in [2.24, 2.45) is 0 Å². The van der Waals surface area contributed by atoms with E-state index in [2.05, 4.69) is 10.1 Å². The molecule has 0 aliphatic carbocycles. The number of nitrogens with one attached hydrogen (secondary N) is 1. The molecule has 1 aromatic carbocycles. The van der Waals surface area contributed by atoms with E-state index in [0.29, 0.717) is 10.9 Å². The smallest absolute Gasteiger partial charge is 0.387 e. The zero-order chi connectivity index (χ0) is 16.8. The molecule has 4 nitrogen and oxygen atoms in total. The second-order valence-corrected chi connectivity index (χ2v) is 6.60. The first-order valence-electron chi connectivity index (χ1n) is 6.70. The highest BCUT2D eigenvalue weighted by Crippen LogP contribution is 2.25. The van der Waals surface area contributed by atoms with E-state index in [1.807, 2.05) is 6.07 Å². The van der Waals surface area contributed by atoms with Crippen molar-refractivity contribution in [3.63, 3.8) is 0 Å². The molecule has 1 N–H and O–H groups in total. The molecule has 0 atom stereocenters. The lowest BCUT2D eigenvalue weighted by Crippen LogP contribution is -2.29. The largest absolute Gasteiger partial charge is 0.433 e. The Kier molecular flexibility index (Phi) is 6.32. The molecule has 0 unspecified atom stereocenters. The molecule has 124 valence electrons. The van der Waals surface area contributed by atoms with Crippen LogP contribution >= 0.6 is 22.9 Å². The number of amides is 1. The molecule has 0 spiro atoms. The third kappa shape index (κ3) is 5.78. The number of carbonyl (C=O) groups is 1. The van der Waals surface area contributed by atoms with Crippen LogP contribution in [-0.4, -0.2) is 31.0 Å². The van der Waals surface area contributed by atoms with Gasteiger partial charge in [0.05, 0.1) is 16.6 Å². The third-order valence-corrected chi connectivity index (χ3v) is 4.06. The van der Waals surface area contributed by atoms with Gasteiger partial charge in [-0.25, -0.2) is 0 Å². The Labute approximate surface area is 141 Å². The number of likely N-dealkylation sites (N-methyl/N-ethyl adjacent to an activating group) is 1. The van der Waals surface area contributed by atoms with E-state index < -0.39 is 6.61 Å². The molecule has 0 saturated heterocycles. The highest BCUT2D eigenvalue weighted by molar-refractivity contribution is 7.16. The van der Waals surface area contributed by atoms with E-state index >= 15 is 0 Å². The normalized spacial score (nSPS) is 11.0. The lowest BCUT2D eigenvalue weighted by Gasteiger charge is -2.16. The predicted octanol–water partition coefficient (Wildman–Crippen LogP) is 4.07. The molecule has 0 saturated carbocycles. The van der Waals surface area contributed by atoms with Crippen molar-refractivity contribution in [3.8, 4) is 5.75 Å². The molecule has 23 heavy (non-hydrogen) atoms. The Hall–Kier alpha value is -1.70. The number of thiophene rings is 1. The number of para-hydroxylation sites is 2. The summed E-state index contributed by atoms with van der Waals surface area (Å²) in [7, 11) is 1.79. The maximum atomic E-state index is 12.3. The Bertz CT molecular complexity index is 666. The third-order valence-electron chi connectivity index (χ3n) is 2.85. The fraction of sp³-hybridized carbons (Fsp3) is 0.267. The highest BCUT2D eigenvalue weighted by atomic mass is 35.5. The van der Waals surface area contributed by atoms with Gasteiger partial charge in [-0.1, -0.05) is 23.7 Å². The molecule has 1 heterocycles. The number of alkyl halides is 2. The van der Waals surface area contributed by atoms with Crippen LogP contribution in [0.4, 0.5) is 14.5 Å². The molecule has 0 bridgehead atoms. The first-order valence-corrected chi connectivity index (χ1v) is 7.90. The summed E-state index contributed by atoms with van der Waals surface area (Å²) in [5, 5.41) is 2.58. The number of ether oxygens (including phenoxy) is 1. The molecule has 0 aliphatic heterocycles. The molecule has 0 aliphatic rings. The van der Waals surface area contributed by atoms with Crippen LogP contribution in [0, 0.1) is 0 Å². The number of nitrogens with zero attached hydrogens (tertiary/aromatic N) is 1. The van der Waals surface area contributed by atoms with E-state index in [1.54, 1.807) is 30.1 Å². The summed E-state index contributed by atoms with van der Waals surface area (Å²) >= 11 is 7.31. The Balaban J connectivity index is 1.91. The molecule has 0 fully saturated rings. The van der Waals surface area contributed by atoms with Gasteiger partial charge in [-0.05, 0) is 31.3 Å². The van der Waals surface area contributed by atoms with E-state index in [1.165, 1.54) is 23.5 Å². The average Bonchev–Trinajstić information content (AvgIpc) is 2.85. The van der Waals surface area contributed by atoms with Crippen LogP contribution in [0.25, 0.3) is 0 Å². The van der Waals surface area contributed by atoms with Crippen molar-refractivity contribution in [1.29, 1.82) is 0 Å². The van der Waals surface area contributed by atoms with Crippen LogP contribution in [0.15, 0.2) is 36.4 Å². The maximum Gasteiger partial charge on any atom is 0.387 e. The predicted molar refractivity (Wildman–Crippen MR) is 87.4 cm³/mol. The summed E-state index contributed by atoms with van der Waals surface area (Å²) in [6.45, 7) is -2.27. The zero-order valence-electron chi connectivity index (χ0n) is 12.3. The molecule has 8 heteroatoms. The van der Waals surface area contributed by atoms with Crippen LogP contribution in [0.1, 0.15) is 4.88 Å². The van der Waals surface area contributed by atoms with Crippen LogP contribution in [0.2, 0.25) is 4.34 Å². The van der Waals surface area contributed by atoms with Gasteiger partial charge in [0, 0.05) is 11.4 Å².